The number of methoxy groups -OCH3 is 1. The third kappa shape index (κ3) is 2.62. The van der Waals surface area contributed by atoms with Crippen molar-refractivity contribution >= 4 is 28.1 Å². The number of rotatable bonds is 4. The van der Waals surface area contributed by atoms with Crippen LogP contribution in [0, 0.1) is 0 Å². The highest BCUT2D eigenvalue weighted by Gasteiger charge is 2.21. The maximum absolute atomic E-state index is 12.8. The number of aromatic nitrogens is 6. The third-order valence-electron chi connectivity index (χ3n) is 4.77. The first kappa shape index (κ1) is 17.6. The van der Waals surface area contributed by atoms with Crippen molar-refractivity contribution in [2.75, 3.05) is 7.11 Å². The minimum absolute atomic E-state index is 0.0783. The molecular formula is C20H15N7O3. The Morgan fingerprint density at radius 1 is 1.17 bits per heavy atom. The summed E-state index contributed by atoms with van der Waals surface area (Å²) in [4.78, 5) is 43.6. The number of nitrogens with zero attached hydrogens (tertiary/aromatic N) is 4. The lowest BCUT2D eigenvalue weighted by Gasteiger charge is -2.10. The van der Waals surface area contributed by atoms with Gasteiger partial charge in [-0.1, -0.05) is 12.1 Å². The zero-order chi connectivity index (χ0) is 20.8. The number of hydrogen-bond acceptors (Lipinski definition) is 6. The first-order valence-electron chi connectivity index (χ1n) is 8.96. The molecule has 148 valence electrons. The Balaban J connectivity index is 1.84. The number of primary amides is 1. The van der Waals surface area contributed by atoms with E-state index in [2.05, 4.69) is 24.9 Å². The minimum atomic E-state index is -0.778. The number of aromatic amines is 2. The van der Waals surface area contributed by atoms with Gasteiger partial charge in [0.05, 0.1) is 30.2 Å². The summed E-state index contributed by atoms with van der Waals surface area (Å²) in [7, 11) is 1.51. The van der Waals surface area contributed by atoms with Crippen LogP contribution in [0.5, 0.6) is 5.75 Å². The van der Waals surface area contributed by atoms with Gasteiger partial charge < -0.3 is 20.4 Å². The molecule has 0 saturated carbocycles. The van der Waals surface area contributed by atoms with Crippen LogP contribution in [0.4, 0.5) is 0 Å². The number of benzene rings is 2. The fourth-order valence-electron chi connectivity index (χ4n) is 3.40. The number of hydrogen-bond donors (Lipinski definition) is 3. The quantitative estimate of drug-likeness (QED) is 0.418. The monoisotopic (exact) mass is 401 g/mol. The average molecular weight is 401 g/mol. The number of imidazole rings is 2. The molecule has 10 nitrogen and oxygen atoms in total. The van der Waals surface area contributed by atoms with Gasteiger partial charge in [0.15, 0.2) is 17.2 Å². The van der Waals surface area contributed by atoms with E-state index in [4.69, 9.17) is 10.5 Å². The first-order chi connectivity index (χ1) is 14.6. The highest BCUT2D eigenvalue weighted by molar-refractivity contribution is 6.02. The van der Waals surface area contributed by atoms with Crippen molar-refractivity contribution in [2.24, 2.45) is 5.73 Å². The lowest BCUT2D eigenvalue weighted by Crippen LogP contribution is -2.16. The molecule has 0 atom stereocenters. The average Bonchev–Trinajstić information content (AvgIpc) is 3.35. The van der Waals surface area contributed by atoms with Gasteiger partial charge in [-0.05, 0) is 30.3 Å². The number of para-hydroxylation sites is 2. The fraction of sp³-hybridized carbons (Fsp3) is 0.0500. The van der Waals surface area contributed by atoms with E-state index in [0.29, 0.717) is 17.0 Å². The van der Waals surface area contributed by atoms with Crippen molar-refractivity contribution in [1.29, 1.82) is 0 Å². The number of H-pyrrole nitrogens is 2. The normalized spacial score (nSPS) is 11.2. The third-order valence-corrected chi connectivity index (χ3v) is 4.77. The number of fused-ring (bicyclic) bond motifs is 2. The second kappa shape index (κ2) is 6.55. The Morgan fingerprint density at radius 2 is 2.00 bits per heavy atom. The van der Waals surface area contributed by atoms with Crippen molar-refractivity contribution in [2.45, 2.75) is 0 Å². The van der Waals surface area contributed by atoms with Gasteiger partial charge in [-0.15, -0.1) is 0 Å². The van der Waals surface area contributed by atoms with Gasteiger partial charge in [-0.25, -0.2) is 24.3 Å². The molecule has 5 aromatic rings. The Bertz CT molecular complexity index is 1500. The molecule has 10 heteroatoms. The first-order valence-corrected chi connectivity index (χ1v) is 8.96. The number of carbonyl (C=O) groups is 1. The predicted molar refractivity (Wildman–Crippen MR) is 110 cm³/mol. The van der Waals surface area contributed by atoms with Gasteiger partial charge >= 0.3 is 5.69 Å². The van der Waals surface area contributed by atoms with Crippen molar-refractivity contribution in [3.8, 4) is 22.8 Å². The zero-order valence-corrected chi connectivity index (χ0v) is 15.7. The predicted octanol–water partition coefficient (Wildman–Crippen LogP) is 1.76. The van der Waals surface area contributed by atoms with Gasteiger partial charge in [0, 0.05) is 5.56 Å². The van der Waals surface area contributed by atoms with Crippen LogP contribution in [0.1, 0.15) is 10.5 Å². The molecule has 0 radical (unpaired) electrons. The van der Waals surface area contributed by atoms with E-state index in [0.717, 1.165) is 11.0 Å². The number of carbonyl (C=O) groups excluding carboxylic acids is 1. The van der Waals surface area contributed by atoms with E-state index in [1.165, 1.54) is 11.7 Å². The minimum Gasteiger partial charge on any atom is -0.495 e. The molecule has 0 aliphatic carbocycles. The fourth-order valence-corrected chi connectivity index (χ4v) is 3.40. The van der Waals surface area contributed by atoms with Gasteiger partial charge in [0.1, 0.15) is 11.3 Å². The lowest BCUT2D eigenvalue weighted by atomic mass is 10.2. The van der Waals surface area contributed by atoms with E-state index < -0.39 is 11.6 Å². The molecule has 3 heterocycles. The van der Waals surface area contributed by atoms with E-state index in [-0.39, 0.29) is 22.7 Å². The SMILES string of the molecule is COc1ccccc1-n1c(=O)[nH]c2c(C(N)=O)nc(-c3ccc4nc[nH]c4c3)nc21. The maximum atomic E-state index is 12.8. The Morgan fingerprint density at radius 3 is 2.80 bits per heavy atom. The van der Waals surface area contributed by atoms with Gasteiger partial charge in [-0.2, -0.15) is 0 Å². The van der Waals surface area contributed by atoms with Crippen molar-refractivity contribution in [3.63, 3.8) is 0 Å². The molecule has 4 N–H and O–H groups in total. The molecule has 0 fully saturated rings. The van der Waals surface area contributed by atoms with Gasteiger partial charge in [0.25, 0.3) is 5.91 Å². The lowest BCUT2D eigenvalue weighted by molar-refractivity contribution is 0.0997. The van der Waals surface area contributed by atoms with Crippen LogP contribution in [0.15, 0.2) is 53.6 Å². The second-order valence-electron chi connectivity index (χ2n) is 6.53. The highest BCUT2D eigenvalue weighted by Crippen LogP contribution is 2.27. The summed E-state index contributed by atoms with van der Waals surface area (Å²) in [6, 6.07) is 12.4. The molecule has 5 rings (SSSR count). The summed E-state index contributed by atoms with van der Waals surface area (Å²) >= 11 is 0. The summed E-state index contributed by atoms with van der Waals surface area (Å²) in [5, 5.41) is 0. The van der Waals surface area contributed by atoms with E-state index >= 15 is 0 Å². The molecular weight excluding hydrogens is 386 g/mol. The van der Waals surface area contributed by atoms with Crippen molar-refractivity contribution in [3.05, 3.63) is 65.0 Å². The van der Waals surface area contributed by atoms with Gasteiger partial charge in [-0.3, -0.25) is 4.79 Å². The molecule has 0 aliphatic heterocycles. The van der Waals surface area contributed by atoms with Crippen LogP contribution in [-0.2, 0) is 0 Å². The molecule has 1 amide bonds. The standard InChI is InChI=1S/C20H15N7O3/c1-30-14-5-3-2-4-13(14)27-19-16(25-20(27)29)15(17(21)28)24-18(26-19)10-6-7-11-12(8-10)23-9-22-11/h2-9H,1H3,(H2,21,28)(H,22,23)(H,25,29). The van der Waals surface area contributed by atoms with Crippen LogP contribution >= 0.6 is 0 Å². The summed E-state index contributed by atoms with van der Waals surface area (Å²) < 4.78 is 6.72. The molecule has 0 aliphatic rings. The Kier molecular flexibility index (Phi) is 3.85. The summed E-state index contributed by atoms with van der Waals surface area (Å²) in [5.41, 5.74) is 8.03. The Hall–Kier alpha value is -4.47. The number of amides is 1. The number of nitrogens with one attached hydrogen (secondary N) is 2. The molecule has 3 aromatic heterocycles. The number of ether oxygens (including phenoxy) is 1. The molecule has 0 unspecified atom stereocenters. The topological polar surface area (TPSA) is 145 Å². The van der Waals surface area contributed by atoms with E-state index in [1.54, 1.807) is 36.7 Å². The maximum Gasteiger partial charge on any atom is 0.332 e. The van der Waals surface area contributed by atoms with Crippen LogP contribution in [0.3, 0.4) is 0 Å². The van der Waals surface area contributed by atoms with Crippen molar-refractivity contribution in [1.82, 2.24) is 29.5 Å². The smallest absolute Gasteiger partial charge is 0.332 e. The molecule has 0 spiro atoms. The van der Waals surface area contributed by atoms with Gasteiger partial charge in [0.2, 0.25) is 0 Å². The number of nitrogens with two attached hydrogens (primary N) is 1. The van der Waals surface area contributed by atoms with Crippen molar-refractivity contribution < 1.29 is 9.53 Å². The van der Waals surface area contributed by atoms with Crippen LogP contribution in [-0.4, -0.2) is 42.5 Å². The van der Waals surface area contributed by atoms with Crippen LogP contribution < -0.4 is 16.2 Å². The highest BCUT2D eigenvalue weighted by atomic mass is 16.5. The van der Waals surface area contributed by atoms with Crippen LogP contribution in [0.2, 0.25) is 0 Å². The summed E-state index contributed by atoms with van der Waals surface area (Å²) in [5.74, 6) is -0.0599. The summed E-state index contributed by atoms with van der Waals surface area (Å²) in [6.45, 7) is 0. The molecule has 0 saturated heterocycles. The molecule has 2 aromatic carbocycles. The van der Waals surface area contributed by atoms with E-state index in [1.807, 2.05) is 12.1 Å². The molecule has 30 heavy (non-hydrogen) atoms. The largest absolute Gasteiger partial charge is 0.495 e. The van der Waals surface area contributed by atoms with Crippen LogP contribution in [0.25, 0.3) is 39.3 Å². The summed E-state index contributed by atoms with van der Waals surface area (Å²) in [6.07, 6.45) is 1.58. The molecule has 0 bridgehead atoms. The zero-order valence-electron chi connectivity index (χ0n) is 15.7. The second-order valence-corrected chi connectivity index (χ2v) is 6.53. The van der Waals surface area contributed by atoms with E-state index in [9.17, 15) is 9.59 Å². The Labute approximate surface area is 168 Å².